The molecule has 8 heteroatoms. The number of aliphatic hydroxyl groups is 1. The summed E-state index contributed by atoms with van der Waals surface area (Å²) in [5, 5.41) is 11.2. The summed E-state index contributed by atoms with van der Waals surface area (Å²) in [7, 11) is 1.27. The van der Waals surface area contributed by atoms with Gasteiger partial charge < -0.3 is 19.0 Å². The third-order valence-corrected chi connectivity index (χ3v) is 5.73. The van der Waals surface area contributed by atoms with Crippen LogP contribution in [0.5, 0.6) is 5.75 Å². The van der Waals surface area contributed by atoms with Gasteiger partial charge in [-0.25, -0.2) is 4.79 Å². The van der Waals surface area contributed by atoms with E-state index in [-0.39, 0.29) is 11.3 Å². The van der Waals surface area contributed by atoms with E-state index in [1.165, 1.54) is 42.5 Å². The van der Waals surface area contributed by atoms with Crippen LogP contribution in [0.3, 0.4) is 0 Å². The van der Waals surface area contributed by atoms with Crippen LogP contribution in [0, 0.1) is 6.92 Å². The number of Topliss-reactive ketones (excluding diaryl/α,β-unsaturated/α-hetero) is 1. The van der Waals surface area contributed by atoms with Crippen LogP contribution in [0.1, 0.15) is 46.6 Å². The van der Waals surface area contributed by atoms with Gasteiger partial charge in [0.05, 0.1) is 31.1 Å². The largest absolute Gasteiger partial charge is 0.507 e. The predicted octanol–water partition coefficient (Wildman–Crippen LogP) is 4.79. The number of aryl methyl sites for hydroxylation is 1. The highest BCUT2D eigenvalue weighted by Gasteiger charge is 2.48. The second-order valence-electron chi connectivity index (χ2n) is 8.05. The number of carbonyl (C=O) groups excluding carboxylic acids is 3. The maximum absolute atomic E-state index is 13.2. The molecule has 0 bridgehead atoms. The number of furan rings is 1. The summed E-state index contributed by atoms with van der Waals surface area (Å²) in [6.07, 6.45) is 2.29. The number of ether oxygens (including phenoxy) is 2. The summed E-state index contributed by atoms with van der Waals surface area (Å²) in [5.41, 5.74) is 1.72. The number of aliphatic hydroxyl groups excluding tert-OH is 1. The molecule has 2 aromatic carbocycles. The van der Waals surface area contributed by atoms with Crippen molar-refractivity contribution in [2.24, 2.45) is 0 Å². The average Bonchev–Trinajstić information content (AvgIpc) is 3.49. The van der Waals surface area contributed by atoms with Crippen LogP contribution in [0.2, 0.25) is 0 Å². The monoisotopic (exact) mass is 475 g/mol. The van der Waals surface area contributed by atoms with Crippen LogP contribution in [0.4, 0.5) is 5.69 Å². The molecule has 4 rings (SSSR count). The van der Waals surface area contributed by atoms with E-state index in [4.69, 9.17) is 13.9 Å². The molecule has 8 nitrogen and oxygen atoms in total. The summed E-state index contributed by atoms with van der Waals surface area (Å²) >= 11 is 0. The number of hydrogen-bond donors (Lipinski definition) is 1. The molecule has 35 heavy (non-hydrogen) atoms. The lowest BCUT2D eigenvalue weighted by Crippen LogP contribution is -2.29. The number of rotatable bonds is 7. The second-order valence-corrected chi connectivity index (χ2v) is 8.05. The van der Waals surface area contributed by atoms with Gasteiger partial charge >= 0.3 is 5.97 Å². The first-order valence-electron chi connectivity index (χ1n) is 11.1. The molecule has 0 aliphatic carbocycles. The third kappa shape index (κ3) is 4.42. The zero-order chi connectivity index (χ0) is 25.1. The Morgan fingerprint density at radius 1 is 1.09 bits per heavy atom. The minimum absolute atomic E-state index is 0.0939. The molecule has 1 amide bonds. The van der Waals surface area contributed by atoms with Crippen molar-refractivity contribution in [3.63, 3.8) is 0 Å². The summed E-state index contributed by atoms with van der Waals surface area (Å²) < 4.78 is 16.0. The van der Waals surface area contributed by atoms with Crippen molar-refractivity contribution in [3.05, 3.63) is 88.9 Å². The molecule has 1 saturated heterocycles. The van der Waals surface area contributed by atoms with Gasteiger partial charge in [-0.15, -0.1) is 0 Å². The van der Waals surface area contributed by atoms with Crippen molar-refractivity contribution >= 4 is 29.1 Å². The molecule has 2 heterocycles. The van der Waals surface area contributed by atoms with Crippen molar-refractivity contribution in [3.8, 4) is 5.75 Å². The van der Waals surface area contributed by atoms with Gasteiger partial charge in [0, 0.05) is 11.3 Å². The molecule has 1 unspecified atom stereocenters. The predicted molar refractivity (Wildman–Crippen MR) is 128 cm³/mol. The van der Waals surface area contributed by atoms with Crippen LogP contribution < -0.4 is 9.64 Å². The summed E-state index contributed by atoms with van der Waals surface area (Å²) in [5.74, 6) is -1.52. The Morgan fingerprint density at radius 2 is 1.80 bits per heavy atom. The number of hydrogen-bond acceptors (Lipinski definition) is 7. The number of nitrogens with zero attached hydrogens (tertiary/aromatic N) is 1. The van der Waals surface area contributed by atoms with Gasteiger partial charge in [-0.3, -0.25) is 14.5 Å². The van der Waals surface area contributed by atoms with Crippen LogP contribution in [0.15, 0.2) is 70.9 Å². The third-order valence-electron chi connectivity index (χ3n) is 5.73. The Bertz CT molecular complexity index is 1290. The van der Waals surface area contributed by atoms with Gasteiger partial charge in [0.1, 0.15) is 23.3 Å². The number of anilines is 1. The smallest absolute Gasteiger partial charge is 0.337 e. The highest BCUT2D eigenvalue weighted by molar-refractivity contribution is 6.51. The van der Waals surface area contributed by atoms with E-state index >= 15 is 0 Å². The Hall–Kier alpha value is -4.33. The number of ketones is 1. The van der Waals surface area contributed by atoms with Crippen molar-refractivity contribution in [1.29, 1.82) is 0 Å². The number of methoxy groups -OCH3 is 1. The highest BCUT2D eigenvalue weighted by Crippen LogP contribution is 2.42. The fourth-order valence-corrected chi connectivity index (χ4v) is 4.02. The van der Waals surface area contributed by atoms with Crippen molar-refractivity contribution < 1.29 is 33.4 Å². The molecule has 1 aliphatic heterocycles. The van der Waals surface area contributed by atoms with E-state index in [0.717, 1.165) is 12.0 Å². The molecular formula is C27H25NO7. The summed E-state index contributed by atoms with van der Waals surface area (Å²) in [6, 6.07) is 13.4. The molecule has 0 spiro atoms. The topological polar surface area (TPSA) is 106 Å². The lowest BCUT2D eigenvalue weighted by Gasteiger charge is -2.23. The van der Waals surface area contributed by atoms with Crippen LogP contribution in [-0.4, -0.2) is 36.5 Å². The zero-order valence-corrected chi connectivity index (χ0v) is 19.6. The van der Waals surface area contributed by atoms with Gasteiger partial charge in [-0.05, 0) is 73.5 Å². The maximum atomic E-state index is 13.2. The Labute approximate surface area is 202 Å². The number of benzene rings is 2. The first-order valence-corrected chi connectivity index (χ1v) is 11.1. The molecular weight excluding hydrogens is 450 g/mol. The van der Waals surface area contributed by atoms with Crippen molar-refractivity contribution in [1.82, 2.24) is 0 Å². The normalized spacial score (nSPS) is 17.0. The fraction of sp³-hybridized carbons (Fsp3) is 0.222. The Kier molecular flexibility index (Phi) is 6.73. The van der Waals surface area contributed by atoms with E-state index in [2.05, 4.69) is 0 Å². The summed E-state index contributed by atoms with van der Waals surface area (Å²) in [6.45, 7) is 4.41. The van der Waals surface area contributed by atoms with Gasteiger partial charge in [-0.1, -0.05) is 6.92 Å². The standard InChI is InChI=1S/C27H25NO7/c1-4-13-34-20-12-9-18(15-16(20)2)24(29)22-23(21-6-5-14-35-21)28(26(31)25(22)30)19-10-7-17(8-11-19)27(32)33-3/h5-12,14-15,23,29H,4,13H2,1-3H3/b24-22-. The Balaban J connectivity index is 1.80. The minimum Gasteiger partial charge on any atom is -0.507 e. The van der Waals surface area contributed by atoms with Gasteiger partial charge in [0.25, 0.3) is 11.7 Å². The molecule has 1 aromatic heterocycles. The van der Waals surface area contributed by atoms with E-state index in [1.807, 2.05) is 13.8 Å². The van der Waals surface area contributed by atoms with E-state index in [9.17, 15) is 19.5 Å². The fourth-order valence-electron chi connectivity index (χ4n) is 4.02. The second kappa shape index (κ2) is 9.89. The molecule has 1 aliphatic rings. The number of esters is 1. The van der Waals surface area contributed by atoms with E-state index in [0.29, 0.717) is 34.9 Å². The van der Waals surface area contributed by atoms with E-state index < -0.39 is 23.7 Å². The van der Waals surface area contributed by atoms with Gasteiger partial charge in [-0.2, -0.15) is 0 Å². The molecule has 180 valence electrons. The first-order chi connectivity index (χ1) is 16.9. The van der Waals surface area contributed by atoms with Gasteiger partial charge in [0.2, 0.25) is 0 Å². The van der Waals surface area contributed by atoms with Crippen LogP contribution in [-0.2, 0) is 14.3 Å². The molecule has 3 aromatic rings. The molecule has 0 saturated carbocycles. The van der Waals surface area contributed by atoms with Crippen LogP contribution >= 0.6 is 0 Å². The van der Waals surface area contributed by atoms with Crippen molar-refractivity contribution in [2.75, 3.05) is 18.6 Å². The minimum atomic E-state index is -0.995. The summed E-state index contributed by atoms with van der Waals surface area (Å²) in [4.78, 5) is 39.4. The average molecular weight is 475 g/mol. The zero-order valence-electron chi connectivity index (χ0n) is 19.6. The van der Waals surface area contributed by atoms with E-state index in [1.54, 1.807) is 30.3 Å². The molecule has 0 radical (unpaired) electrons. The molecule has 1 N–H and O–H groups in total. The number of carbonyl (C=O) groups is 3. The number of amides is 1. The SMILES string of the molecule is CCCOc1ccc(/C(O)=C2/C(=O)C(=O)N(c3ccc(C(=O)OC)cc3)C2c2ccco2)cc1C. The molecule has 1 fully saturated rings. The Morgan fingerprint density at radius 3 is 2.40 bits per heavy atom. The lowest BCUT2D eigenvalue weighted by atomic mass is 9.98. The molecule has 1 atom stereocenters. The maximum Gasteiger partial charge on any atom is 0.337 e. The van der Waals surface area contributed by atoms with Crippen molar-refractivity contribution in [2.45, 2.75) is 26.3 Å². The quantitative estimate of drug-likeness (QED) is 0.227. The van der Waals surface area contributed by atoms with Crippen LogP contribution in [0.25, 0.3) is 5.76 Å². The first kappa shape index (κ1) is 23.8. The lowest BCUT2D eigenvalue weighted by molar-refractivity contribution is -0.132. The van der Waals surface area contributed by atoms with Gasteiger partial charge in [0.15, 0.2) is 0 Å². The highest BCUT2D eigenvalue weighted by atomic mass is 16.5.